The van der Waals surface area contributed by atoms with Crippen molar-refractivity contribution in [2.45, 2.75) is 38.6 Å². The van der Waals surface area contributed by atoms with Gasteiger partial charge >= 0.3 is 0 Å². The van der Waals surface area contributed by atoms with Crippen LogP contribution in [-0.4, -0.2) is 29.1 Å². The summed E-state index contributed by atoms with van der Waals surface area (Å²) in [7, 11) is 0. The highest BCUT2D eigenvalue weighted by Gasteiger charge is 2.36. The van der Waals surface area contributed by atoms with E-state index in [-0.39, 0.29) is 0 Å². The summed E-state index contributed by atoms with van der Waals surface area (Å²) in [6.45, 7) is 8.49. The molecule has 2 bridgehead atoms. The quantitative estimate of drug-likeness (QED) is 0.798. The molecule has 1 unspecified atom stereocenters. The van der Waals surface area contributed by atoms with Crippen molar-refractivity contribution in [3.05, 3.63) is 36.0 Å². The molecule has 2 heteroatoms. The Balaban J connectivity index is 1.83. The molecule has 0 amide bonds. The van der Waals surface area contributed by atoms with Gasteiger partial charge in [0.25, 0.3) is 0 Å². The van der Waals surface area contributed by atoms with Crippen LogP contribution in [0.5, 0.6) is 0 Å². The Hall–Kier alpha value is -1.28. The molecule has 20 heavy (non-hydrogen) atoms. The van der Waals surface area contributed by atoms with E-state index in [0.29, 0.717) is 6.04 Å². The van der Waals surface area contributed by atoms with Crippen LogP contribution in [0, 0.1) is 5.92 Å². The van der Waals surface area contributed by atoms with E-state index in [4.69, 9.17) is 0 Å². The summed E-state index contributed by atoms with van der Waals surface area (Å²) >= 11 is 0. The maximum Gasteiger partial charge on any atom is 0.0485 e. The predicted molar refractivity (Wildman–Crippen MR) is 84.2 cm³/mol. The minimum absolute atomic E-state index is 0.537. The Bertz CT molecular complexity index is 617. The first kappa shape index (κ1) is 12.5. The molecule has 106 valence electrons. The van der Waals surface area contributed by atoms with Crippen LogP contribution in [0.15, 0.2) is 30.5 Å². The van der Waals surface area contributed by atoms with Crippen molar-refractivity contribution in [3.63, 3.8) is 0 Å². The third-order valence-electron chi connectivity index (χ3n) is 5.38. The van der Waals surface area contributed by atoms with E-state index < -0.39 is 0 Å². The van der Waals surface area contributed by atoms with E-state index in [9.17, 15) is 0 Å². The maximum absolute atomic E-state index is 2.66. The van der Waals surface area contributed by atoms with Gasteiger partial charge in [0.05, 0.1) is 0 Å². The zero-order valence-electron chi connectivity index (χ0n) is 12.5. The molecule has 1 atom stereocenters. The molecule has 0 spiro atoms. The van der Waals surface area contributed by atoms with Crippen LogP contribution in [0.2, 0.25) is 0 Å². The Morgan fingerprint density at radius 3 is 2.50 bits per heavy atom. The lowest BCUT2D eigenvalue weighted by atomic mass is 9.75. The molecular formula is C18H24N2. The van der Waals surface area contributed by atoms with Gasteiger partial charge in [-0.25, -0.2) is 0 Å². The van der Waals surface area contributed by atoms with E-state index in [1.807, 2.05) is 0 Å². The molecule has 0 saturated carbocycles. The topological polar surface area (TPSA) is 8.17 Å². The van der Waals surface area contributed by atoms with E-state index in [2.05, 4.69) is 53.8 Å². The van der Waals surface area contributed by atoms with Gasteiger partial charge in [0, 0.05) is 35.6 Å². The highest BCUT2D eigenvalue weighted by Crippen LogP contribution is 2.42. The van der Waals surface area contributed by atoms with Gasteiger partial charge in [0.2, 0.25) is 0 Å². The first-order valence-electron chi connectivity index (χ1n) is 8.06. The zero-order chi connectivity index (χ0) is 13.7. The van der Waals surface area contributed by atoms with E-state index in [1.54, 1.807) is 5.56 Å². The monoisotopic (exact) mass is 268 g/mol. The van der Waals surface area contributed by atoms with E-state index in [1.165, 1.54) is 43.4 Å². The molecule has 3 aliphatic heterocycles. The zero-order valence-corrected chi connectivity index (χ0v) is 12.5. The number of para-hydroxylation sites is 1. The maximum atomic E-state index is 2.66. The third-order valence-corrected chi connectivity index (χ3v) is 5.38. The molecular weight excluding hydrogens is 244 g/mol. The average molecular weight is 268 g/mol. The number of piperidine rings is 3. The molecule has 2 aromatic rings. The predicted octanol–water partition coefficient (Wildman–Crippen LogP) is 4.03. The number of nitrogens with zero attached hydrogens (tertiary/aromatic N) is 2. The highest BCUT2D eigenvalue weighted by atomic mass is 15.1. The fraction of sp³-hybridized carbons (Fsp3) is 0.556. The number of rotatable bonds is 2. The molecule has 3 aliphatic rings. The third kappa shape index (κ3) is 1.81. The standard InChI is InChI=1S/C18H24N2/c1-13(2)20-12-17(15-5-3-4-6-18(15)20)16-11-19-9-7-14(16)8-10-19/h3-6,12-14,16H,7-11H2,1-2H3. The van der Waals surface area contributed by atoms with Crippen LogP contribution in [0.1, 0.15) is 44.2 Å². The second-order valence-corrected chi connectivity index (χ2v) is 6.85. The molecule has 0 aliphatic carbocycles. The molecule has 1 aromatic heterocycles. The largest absolute Gasteiger partial charge is 0.345 e. The van der Waals surface area contributed by atoms with Gasteiger partial charge in [-0.2, -0.15) is 0 Å². The number of fused-ring (bicyclic) bond motifs is 4. The van der Waals surface area contributed by atoms with Crippen molar-refractivity contribution in [1.29, 1.82) is 0 Å². The van der Waals surface area contributed by atoms with Crippen LogP contribution in [0.25, 0.3) is 10.9 Å². The minimum Gasteiger partial charge on any atom is -0.345 e. The first-order chi connectivity index (χ1) is 9.74. The summed E-state index contributed by atoms with van der Waals surface area (Å²) in [5, 5.41) is 1.49. The van der Waals surface area contributed by atoms with Crippen LogP contribution in [0.3, 0.4) is 0 Å². The molecule has 5 rings (SSSR count). The number of benzene rings is 1. The Morgan fingerprint density at radius 2 is 1.85 bits per heavy atom. The SMILES string of the molecule is CC(C)n1cc(C2CN3CCC2CC3)c2ccccc21. The average Bonchev–Trinajstić information content (AvgIpc) is 2.88. The fourth-order valence-electron chi connectivity index (χ4n) is 4.27. The van der Waals surface area contributed by atoms with Gasteiger partial charge in [0.1, 0.15) is 0 Å². The van der Waals surface area contributed by atoms with Crippen LogP contribution in [-0.2, 0) is 0 Å². The van der Waals surface area contributed by atoms with Crippen molar-refractivity contribution < 1.29 is 0 Å². The molecule has 0 radical (unpaired) electrons. The summed E-state index contributed by atoms with van der Waals surface area (Å²) in [6, 6.07) is 9.50. The normalized spacial score (nSPS) is 29.4. The van der Waals surface area contributed by atoms with Gasteiger partial charge in [-0.1, -0.05) is 18.2 Å². The lowest BCUT2D eigenvalue weighted by molar-refractivity contribution is 0.0875. The van der Waals surface area contributed by atoms with Gasteiger partial charge in [0.15, 0.2) is 0 Å². The Morgan fingerprint density at radius 1 is 1.10 bits per heavy atom. The van der Waals surface area contributed by atoms with Crippen LogP contribution < -0.4 is 0 Å². The number of hydrogen-bond acceptors (Lipinski definition) is 1. The lowest BCUT2D eigenvalue weighted by Gasteiger charge is -2.44. The number of aromatic nitrogens is 1. The second kappa shape index (κ2) is 4.63. The lowest BCUT2D eigenvalue weighted by Crippen LogP contribution is -2.46. The minimum atomic E-state index is 0.537. The molecule has 3 saturated heterocycles. The Labute approximate surface area is 121 Å². The van der Waals surface area contributed by atoms with Gasteiger partial charge in [-0.05, 0) is 57.3 Å². The second-order valence-electron chi connectivity index (χ2n) is 6.85. The molecule has 0 N–H and O–H groups in total. The fourth-order valence-corrected chi connectivity index (χ4v) is 4.27. The summed E-state index contributed by atoms with van der Waals surface area (Å²) in [5.74, 6) is 1.66. The molecule has 2 nitrogen and oxygen atoms in total. The van der Waals surface area contributed by atoms with Crippen molar-refractivity contribution in [3.8, 4) is 0 Å². The van der Waals surface area contributed by atoms with Crippen molar-refractivity contribution in [2.75, 3.05) is 19.6 Å². The van der Waals surface area contributed by atoms with Crippen LogP contribution in [0.4, 0.5) is 0 Å². The number of hydrogen-bond donors (Lipinski definition) is 0. The summed E-state index contributed by atoms with van der Waals surface area (Å²) in [6.07, 6.45) is 5.24. The van der Waals surface area contributed by atoms with Crippen molar-refractivity contribution in [2.24, 2.45) is 5.92 Å². The smallest absolute Gasteiger partial charge is 0.0485 e. The highest BCUT2D eigenvalue weighted by molar-refractivity contribution is 5.84. The summed E-state index contributed by atoms with van der Waals surface area (Å²) < 4.78 is 2.46. The van der Waals surface area contributed by atoms with Gasteiger partial charge in [-0.3, -0.25) is 0 Å². The first-order valence-corrected chi connectivity index (χ1v) is 8.06. The van der Waals surface area contributed by atoms with E-state index in [0.717, 1.165) is 11.8 Å². The summed E-state index contributed by atoms with van der Waals surface area (Å²) in [4.78, 5) is 2.66. The molecule has 4 heterocycles. The van der Waals surface area contributed by atoms with Gasteiger partial charge < -0.3 is 9.47 Å². The van der Waals surface area contributed by atoms with Crippen LogP contribution >= 0.6 is 0 Å². The summed E-state index contributed by atoms with van der Waals surface area (Å²) in [5.41, 5.74) is 3.01. The van der Waals surface area contributed by atoms with Crippen molar-refractivity contribution in [1.82, 2.24) is 9.47 Å². The molecule has 3 fully saturated rings. The Kier molecular flexibility index (Phi) is 2.88. The molecule has 1 aromatic carbocycles. The van der Waals surface area contributed by atoms with Gasteiger partial charge in [-0.15, -0.1) is 0 Å². The van der Waals surface area contributed by atoms with Crippen molar-refractivity contribution >= 4 is 10.9 Å². The van der Waals surface area contributed by atoms with E-state index >= 15 is 0 Å².